The molecule has 0 aliphatic carbocycles. The molecule has 1 aliphatic rings. The second kappa shape index (κ2) is 9.01. The molecule has 0 spiro atoms. The smallest absolute Gasteiger partial charge is 0.247 e. The van der Waals surface area contributed by atoms with E-state index in [0.29, 0.717) is 29.4 Å². The third kappa shape index (κ3) is 4.09. The van der Waals surface area contributed by atoms with Gasteiger partial charge in [0.2, 0.25) is 5.91 Å². The van der Waals surface area contributed by atoms with E-state index in [1.54, 1.807) is 62.3 Å². The number of rotatable bonds is 6. The van der Waals surface area contributed by atoms with Crippen LogP contribution in [0.3, 0.4) is 0 Å². The predicted octanol–water partition coefficient (Wildman–Crippen LogP) is 4.14. The number of benzene rings is 2. The molecule has 0 bridgehead atoms. The van der Waals surface area contributed by atoms with Crippen LogP contribution in [-0.4, -0.2) is 44.4 Å². The Labute approximate surface area is 168 Å². The molecule has 1 aliphatic heterocycles. The molecule has 0 N–H and O–H groups in total. The van der Waals surface area contributed by atoms with Gasteiger partial charge in [0, 0.05) is 35.6 Å². The SMILES string of the molecule is COc1cc(OC)c(C2SCCN2C(=O)/C=C/c2ccccc2F)cc1OC. The van der Waals surface area contributed by atoms with Crippen molar-refractivity contribution in [3.63, 3.8) is 0 Å². The van der Waals surface area contributed by atoms with Crippen molar-refractivity contribution in [1.82, 2.24) is 4.90 Å². The summed E-state index contributed by atoms with van der Waals surface area (Å²) in [6.45, 7) is 0.591. The summed E-state index contributed by atoms with van der Waals surface area (Å²) >= 11 is 1.64. The van der Waals surface area contributed by atoms with Gasteiger partial charge in [-0.05, 0) is 18.2 Å². The van der Waals surface area contributed by atoms with Gasteiger partial charge in [0.1, 0.15) is 16.9 Å². The molecule has 1 fully saturated rings. The monoisotopic (exact) mass is 403 g/mol. The van der Waals surface area contributed by atoms with E-state index < -0.39 is 0 Å². The fraction of sp³-hybridized carbons (Fsp3) is 0.286. The Kier molecular flexibility index (Phi) is 6.46. The molecule has 0 aromatic heterocycles. The van der Waals surface area contributed by atoms with Crippen molar-refractivity contribution in [2.75, 3.05) is 33.6 Å². The van der Waals surface area contributed by atoms with Gasteiger partial charge in [-0.25, -0.2) is 4.39 Å². The number of carbonyl (C=O) groups excluding carboxylic acids is 1. The quantitative estimate of drug-likeness (QED) is 0.679. The van der Waals surface area contributed by atoms with Crippen LogP contribution in [0.2, 0.25) is 0 Å². The van der Waals surface area contributed by atoms with Crippen molar-refractivity contribution in [3.05, 3.63) is 59.4 Å². The van der Waals surface area contributed by atoms with Crippen molar-refractivity contribution in [3.8, 4) is 17.2 Å². The van der Waals surface area contributed by atoms with Gasteiger partial charge in [-0.2, -0.15) is 0 Å². The Morgan fingerprint density at radius 1 is 1.11 bits per heavy atom. The van der Waals surface area contributed by atoms with Crippen LogP contribution in [-0.2, 0) is 4.79 Å². The van der Waals surface area contributed by atoms with Gasteiger partial charge in [-0.3, -0.25) is 4.79 Å². The number of methoxy groups -OCH3 is 3. The fourth-order valence-corrected chi connectivity index (χ4v) is 4.34. The van der Waals surface area contributed by atoms with E-state index in [9.17, 15) is 9.18 Å². The van der Waals surface area contributed by atoms with Gasteiger partial charge >= 0.3 is 0 Å². The third-order valence-electron chi connectivity index (χ3n) is 4.49. The van der Waals surface area contributed by atoms with Gasteiger partial charge in [0.25, 0.3) is 0 Å². The summed E-state index contributed by atoms with van der Waals surface area (Å²) in [5.74, 6) is 1.99. The van der Waals surface area contributed by atoms with Crippen molar-refractivity contribution >= 4 is 23.7 Å². The molecule has 1 saturated heterocycles. The van der Waals surface area contributed by atoms with E-state index in [-0.39, 0.29) is 17.1 Å². The van der Waals surface area contributed by atoms with Crippen LogP contribution >= 0.6 is 11.8 Å². The van der Waals surface area contributed by atoms with Crippen LogP contribution in [0.25, 0.3) is 6.08 Å². The van der Waals surface area contributed by atoms with Crippen LogP contribution in [0.4, 0.5) is 4.39 Å². The number of carbonyl (C=O) groups is 1. The summed E-state index contributed by atoms with van der Waals surface area (Å²) in [4.78, 5) is 14.5. The van der Waals surface area contributed by atoms with Gasteiger partial charge < -0.3 is 19.1 Å². The second-order valence-corrected chi connectivity index (χ2v) is 7.25. The van der Waals surface area contributed by atoms with Gasteiger partial charge in [-0.1, -0.05) is 18.2 Å². The fourth-order valence-electron chi connectivity index (χ4n) is 3.07. The van der Waals surface area contributed by atoms with Crippen LogP contribution < -0.4 is 14.2 Å². The minimum absolute atomic E-state index is 0.185. The Bertz CT molecular complexity index is 887. The lowest BCUT2D eigenvalue weighted by Crippen LogP contribution is -2.29. The first-order valence-electron chi connectivity index (χ1n) is 8.73. The summed E-state index contributed by atoms with van der Waals surface area (Å²) in [5.41, 5.74) is 1.21. The highest BCUT2D eigenvalue weighted by molar-refractivity contribution is 7.99. The molecule has 2 aromatic carbocycles. The lowest BCUT2D eigenvalue weighted by Gasteiger charge is -2.25. The Morgan fingerprint density at radius 2 is 1.79 bits per heavy atom. The maximum atomic E-state index is 13.8. The Morgan fingerprint density at radius 3 is 2.46 bits per heavy atom. The molecular formula is C21H22FNO4S. The molecule has 7 heteroatoms. The topological polar surface area (TPSA) is 48.0 Å². The van der Waals surface area contributed by atoms with Crippen molar-refractivity contribution in [2.24, 2.45) is 0 Å². The number of halogens is 1. The van der Waals surface area contributed by atoms with Crippen LogP contribution in [0.5, 0.6) is 17.2 Å². The van der Waals surface area contributed by atoms with Crippen molar-refractivity contribution < 1.29 is 23.4 Å². The number of hydrogen-bond acceptors (Lipinski definition) is 5. The number of ether oxygens (including phenoxy) is 3. The van der Waals surface area contributed by atoms with E-state index in [1.165, 1.54) is 18.2 Å². The first-order valence-corrected chi connectivity index (χ1v) is 9.78. The van der Waals surface area contributed by atoms with Crippen molar-refractivity contribution in [2.45, 2.75) is 5.37 Å². The van der Waals surface area contributed by atoms with Gasteiger partial charge in [-0.15, -0.1) is 11.8 Å². The minimum Gasteiger partial charge on any atom is -0.496 e. The lowest BCUT2D eigenvalue weighted by molar-refractivity contribution is -0.126. The number of hydrogen-bond donors (Lipinski definition) is 0. The third-order valence-corrected chi connectivity index (χ3v) is 5.73. The summed E-state index contributed by atoms with van der Waals surface area (Å²) in [6.07, 6.45) is 2.91. The minimum atomic E-state index is -0.361. The Balaban J connectivity index is 1.88. The highest BCUT2D eigenvalue weighted by Gasteiger charge is 2.32. The molecular weight excluding hydrogens is 381 g/mol. The summed E-state index contributed by atoms with van der Waals surface area (Å²) < 4.78 is 30.0. The first-order chi connectivity index (χ1) is 13.6. The van der Waals surface area contributed by atoms with E-state index in [1.807, 2.05) is 6.07 Å². The molecule has 5 nitrogen and oxygen atoms in total. The standard InChI is InChI=1S/C21H22FNO4S/c1-25-17-13-19(27-3)18(26-2)12-15(17)21-23(10-11-28-21)20(24)9-8-14-6-4-5-7-16(14)22/h4-9,12-13,21H,10-11H2,1-3H3/b9-8+. The number of amides is 1. The van der Waals surface area contributed by atoms with Crippen molar-refractivity contribution in [1.29, 1.82) is 0 Å². The molecule has 2 aromatic rings. The van der Waals surface area contributed by atoms with Crippen LogP contribution in [0.15, 0.2) is 42.5 Å². The van der Waals surface area contributed by atoms with E-state index >= 15 is 0 Å². The average molecular weight is 403 g/mol. The normalized spacial score (nSPS) is 16.4. The van der Waals surface area contributed by atoms with Gasteiger partial charge in [0.05, 0.1) is 21.3 Å². The summed E-state index contributed by atoms with van der Waals surface area (Å²) in [6, 6.07) is 9.94. The predicted molar refractivity (Wildman–Crippen MR) is 108 cm³/mol. The number of thioether (sulfide) groups is 1. The lowest BCUT2D eigenvalue weighted by atomic mass is 10.1. The first kappa shape index (κ1) is 20.1. The van der Waals surface area contributed by atoms with E-state index in [4.69, 9.17) is 14.2 Å². The Hall–Kier alpha value is -2.67. The van der Waals surface area contributed by atoms with Crippen LogP contribution in [0.1, 0.15) is 16.5 Å². The molecule has 1 unspecified atom stereocenters. The zero-order chi connectivity index (χ0) is 20.1. The largest absolute Gasteiger partial charge is 0.496 e. The average Bonchev–Trinajstić information content (AvgIpc) is 3.21. The maximum Gasteiger partial charge on any atom is 0.247 e. The zero-order valence-corrected chi connectivity index (χ0v) is 16.8. The molecule has 148 valence electrons. The molecule has 3 rings (SSSR count). The summed E-state index contributed by atoms with van der Waals surface area (Å²) in [5, 5.41) is -0.229. The van der Waals surface area contributed by atoms with Crippen LogP contribution in [0, 0.1) is 5.82 Å². The highest BCUT2D eigenvalue weighted by Crippen LogP contribution is 2.46. The molecule has 0 saturated carbocycles. The molecule has 0 radical (unpaired) electrons. The van der Waals surface area contributed by atoms with E-state index in [0.717, 1.165) is 11.3 Å². The molecule has 1 heterocycles. The second-order valence-electron chi connectivity index (χ2n) is 6.06. The van der Waals surface area contributed by atoms with Gasteiger partial charge in [0.15, 0.2) is 11.5 Å². The summed E-state index contributed by atoms with van der Waals surface area (Å²) in [7, 11) is 4.70. The van der Waals surface area contributed by atoms with E-state index in [2.05, 4.69) is 0 Å². The molecule has 28 heavy (non-hydrogen) atoms. The highest BCUT2D eigenvalue weighted by atomic mass is 32.2. The zero-order valence-electron chi connectivity index (χ0n) is 16.0. The molecule has 1 amide bonds. The molecule has 1 atom stereocenters. The maximum absolute atomic E-state index is 13.8. The number of nitrogens with zero attached hydrogens (tertiary/aromatic N) is 1.